The van der Waals surface area contributed by atoms with E-state index in [0.29, 0.717) is 6.04 Å². The summed E-state index contributed by atoms with van der Waals surface area (Å²) in [6.07, 6.45) is 3.45. The smallest absolute Gasteiger partial charge is 0.125 e. The van der Waals surface area contributed by atoms with E-state index in [1.165, 1.54) is 18.4 Å². The minimum absolute atomic E-state index is 0.0581. The van der Waals surface area contributed by atoms with Crippen molar-refractivity contribution in [2.45, 2.75) is 51.7 Å². The molecule has 1 unspecified atom stereocenters. The quantitative estimate of drug-likeness (QED) is 0.881. The van der Waals surface area contributed by atoms with Crippen molar-refractivity contribution in [1.29, 1.82) is 0 Å². The fraction of sp³-hybridized carbons (Fsp3) is 0.647. The molecule has 0 bridgehead atoms. The molecule has 1 aromatic carbocycles. The molecule has 1 fully saturated rings. The zero-order valence-electron chi connectivity index (χ0n) is 12.6. The Morgan fingerprint density at radius 2 is 2.10 bits per heavy atom. The Hall–Kier alpha value is -0.730. The SMILES string of the molecule is CCNC1CC2(CC(C(C)C)C2)Oc2ccc(Cl)cc21. The highest BCUT2D eigenvalue weighted by Gasteiger charge is 2.51. The molecule has 1 atom stereocenters. The van der Waals surface area contributed by atoms with Gasteiger partial charge in [-0.1, -0.05) is 32.4 Å². The largest absolute Gasteiger partial charge is 0.487 e. The van der Waals surface area contributed by atoms with E-state index in [1.54, 1.807) is 0 Å². The van der Waals surface area contributed by atoms with Gasteiger partial charge in [-0.25, -0.2) is 0 Å². The van der Waals surface area contributed by atoms with Gasteiger partial charge in [0.15, 0.2) is 0 Å². The van der Waals surface area contributed by atoms with Crippen LogP contribution in [0, 0.1) is 11.8 Å². The van der Waals surface area contributed by atoms with E-state index < -0.39 is 0 Å². The molecule has 0 saturated heterocycles. The third-order valence-corrected chi connectivity index (χ3v) is 5.15. The van der Waals surface area contributed by atoms with E-state index in [4.69, 9.17) is 16.3 Å². The first kappa shape index (κ1) is 14.2. The fourth-order valence-electron chi connectivity index (χ4n) is 3.69. The van der Waals surface area contributed by atoms with Gasteiger partial charge >= 0.3 is 0 Å². The van der Waals surface area contributed by atoms with Crippen molar-refractivity contribution in [2.24, 2.45) is 11.8 Å². The second-order valence-corrected chi connectivity index (χ2v) is 7.13. The summed E-state index contributed by atoms with van der Waals surface area (Å²) in [7, 11) is 0. The zero-order valence-corrected chi connectivity index (χ0v) is 13.3. The topological polar surface area (TPSA) is 21.3 Å². The number of nitrogens with one attached hydrogen (secondary N) is 1. The molecule has 1 N–H and O–H groups in total. The van der Waals surface area contributed by atoms with Crippen LogP contribution in [0.15, 0.2) is 18.2 Å². The van der Waals surface area contributed by atoms with E-state index in [2.05, 4.69) is 32.2 Å². The molecule has 3 heteroatoms. The molecule has 2 nitrogen and oxygen atoms in total. The number of benzene rings is 1. The van der Waals surface area contributed by atoms with Crippen molar-refractivity contribution in [3.63, 3.8) is 0 Å². The Labute approximate surface area is 126 Å². The second kappa shape index (κ2) is 5.23. The van der Waals surface area contributed by atoms with Crippen molar-refractivity contribution >= 4 is 11.6 Å². The van der Waals surface area contributed by atoms with Crippen molar-refractivity contribution in [3.8, 4) is 5.75 Å². The highest BCUT2D eigenvalue weighted by molar-refractivity contribution is 6.30. The maximum atomic E-state index is 6.37. The van der Waals surface area contributed by atoms with Crippen molar-refractivity contribution in [1.82, 2.24) is 5.32 Å². The molecule has 0 radical (unpaired) electrons. The number of rotatable bonds is 3. The molecule has 1 heterocycles. The summed E-state index contributed by atoms with van der Waals surface area (Å²) < 4.78 is 6.37. The van der Waals surface area contributed by atoms with Crippen LogP contribution in [0.3, 0.4) is 0 Å². The highest BCUT2D eigenvalue weighted by atomic mass is 35.5. The Morgan fingerprint density at radius 1 is 1.35 bits per heavy atom. The van der Waals surface area contributed by atoms with Crippen LogP contribution in [0.25, 0.3) is 0 Å². The number of hydrogen-bond acceptors (Lipinski definition) is 2. The summed E-state index contributed by atoms with van der Waals surface area (Å²) in [5, 5.41) is 4.39. The van der Waals surface area contributed by atoms with Crippen LogP contribution in [0.1, 0.15) is 51.6 Å². The minimum atomic E-state index is 0.0581. The summed E-state index contributed by atoms with van der Waals surface area (Å²) >= 11 is 6.14. The maximum absolute atomic E-state index is 6.37. The third kappa shape index (κ3) is 2.44. The molecule has 0 aromatic heterocycles. The lowest BCUT2D eigenvalue weighted by Gasteiger charge is -2.53. The van der Waals surface area contributed by atoms with E-state index in [9.17, 15) is 0 Å². The van der Waals surface area contributed by atoms with Gasteiger partial charge in [0, 0.05) is 23.0 Å². The molecule has 2 aliphatic rings. The van der Waals surface area contributed by atoms with Crippen molar-refractivity contribution in [2.75, 3.05) is 6.54 Å². The molecule has 1 aliphatic heterocycles. The summed E-state index contributed by atoms with van der Waals surface area (Å²) in [6.45, 7) is 7.76. The summed E-state index contributed by atoms with van der Waals surface area (Å²) in [4.78, 5) is 0. The average Bonchev–Trinajstić information content (AvgIpc) is 2.36. The average molecular weight is 294 g/mol. The molecular weight excluding hydrogens is 270 g/mol. The molecule has 110 valence electrons. The Bertz CT molecular complexity index is 494. The van der Waals surface area contributed by atoms with Gasteiger partial charge in [0.05, 0.1) is 0 Å². The van der Waals surface area contributed by atoms with E-state index in [0.717, 1.165) is 35.6 Å². The lowest BCUT2D eigenvalue weighted by Crippen LogP contribution is -2.54. The molecule has 1 aliphatic carbocycles. The van der Waals surface area contributed by atoms with Crippen LogP contribution in [0.2, 0.25) is 5.02 Å². The van der Waals surface area contributed by atoms with Crippen LogP contribution in [-0.2, 0) is 0 Å². The predicted molar refractivity (Wildman–Crippen MR) is 83.4 cm³/mol. The number of fused-ring (bicyclic) bond motifs is 1. The normalized spacial score (nSPS) is 31.9. The van der Waals surface area contributed by atoms with Gasteiger partial charge in [0.1, 0.15) is 11.4 Å². The first-order chi connectivity index (χ1) is 9.53. The second-order valence-electron chi connectivity index (χ2n) is 6.69. The predicted octanol–water partition coefficient (Wildman–Crippen LogP) is 4.58. The van der Waals surface area contributed by atoms with Gasteiger partial charge in [-0.2, -0.15) is 0 Å². The van der Waals surface area contributed by atoms with Crippen LogP contribution in [-0.4, -0.2) is 12.1 Å². The zero-order chi connectivity index (χ0) is 14.3. The molecule has 20 heavy (non-hydrogen) atoms. The lowest BCUT2D eigenvalue weighted by atomic mass is 9.62. The monoisotopic (exact) mass is 293 g/mol. The summed E-state index contributed by atoms with van der Waals surface area (Å²) in [5.74, 6) is 2.59. The maximum Gasteiger partial charge on any atom is 0.125 e. The van der Waals surface area contributed by atoms with Crippen molar-refractivity contribution in [3.05, 3.63) is 28.8 Å². The van der Waals surface area contributed by atoms with E-state index in [-0.39, 0.29) is 5.60 Å². The first-order valence-corrected chi connectivity index (χ1v) is 8.12. The van der Waals surface area contributed by atoms with Crippen LogP contribution in [0.4, 0.5) is 0 Å². The van der Waals surface area contributed by atoms with Gasteiger partial charge < -0.3 is 10.1 Å². The molecule has 3 rings (SSSR count). The molecule has 1 spiro atoms. The van der Waals surface area contributed by atoms with Gasteiger partial charge in [-0.3, -0.25) is 0 Å². The Morgan fingerprint density at radius 3 is 2.75 bits per heavy atom. The molecule has 1 saturated carbocycles. The van der Waals surface area contributed by atoms with Gasteiger partial charge in [-0.05, 0) is 49.4 Å². The standard InChI is InChI=1S/C17H24ClNO/c1-4-19-15-10-17(8-12(9-17)11(2)3)20-16-6-5-13(18)7-14(15)16/h5-7,11-12,15,19H,4,8-10H2,1-3H3. The molecular formula is C17H24ClNO. The Kier molecular flexibility index (Phi) is 3.72. The summed E-state index contributed by atoms with van der Waals surface area (Å²) in [5.41, 5.74) is 1.28. The van der Waals surface area contributed by atoms with Gasteiger partial charge in [0.2, 0.25) is 0 Å². The van der Waals surface area contributed by atoms with Gasteiger partial charge in [-0.15, -0.1) is 0 Å². The minimum Gasteiger partial charge on any atom is -0.487 e. The van der Waals surface area contributed by atoms with E-state index in [1.807, 2.05) is 12.1 Å². The van der Waals surface area contributed by atoms with Crippen molar-refractivity contribution < 1.29 is 4.74 Å². The summed E-state index contributed by atoms with van der Waals surface area (Å²) in [6, 6.07) is 6.39. The highest BCUT2D eigenvalue weighted by Crippen LogP contribution is 2.53. The van der Waals surface area contributed by atoms with Gasteiger partial charge in [0.25, 0.3) is 0 Å². The molecule has 0 amide bonds. The first-order valence-electron chi connectivity index (χ1n) is 7.75. The fourth-order valence-corrected chi connectivity index (χ4v) is 3.87. The Balaban J connectivity index is 1.85. The third-order valence-electron chi connectivity index (χ3n) is 4.91. The molecule has 1 aromatic rings. The number of hydrogen-bond donors (Lipinski definition) is 1. The van der Waals surface area contributed by atoms with Crippen LogP contribution < -0.4 is 10.1 Å². The van der Waals surface area contributed by atoms with E-state index >= 15 is 0 Å². The van der Waals surface area contributed by atoms with Crippen LogP contribution >= 0.6 is 11.6 Å². The lowest BCUT2D eigenvalue weighted by molar-refractivity contribution is -0.0872. The van der Waals surface area contributed by atoms with Crippen LogP contribution in [0.5, 0.6) is 5.75 Å². The number of halogens is 1. The number of ether oxygens (including phenoxy) is 1.